The van der Waals surface area contributed by atoms with Crippen LogP contribution >= 0.6 is 0 Å². The van der Waals surface area contributed by atoms with E-state index in [-0.39, 0.29) is 0 Å². The molecule has 0 aliphatic carbocycles. The lowest BCUT2D eigenvalue weighted by Gasteiger charge is -2.23. The predicted molar refractivity (Wildman–Crippen MR) is 242 cm³/mol. The van der Waals surface area contributed by atoms with Crippen LogP contribution in [-0.4, -0.2) is 0 Å². The molecule has 0 aliphatic rings. The Balaban J connectivity index is 1.28. The maximum absolute atomic E-state index is 2.44. The van der Waals surface area contributed by atoms with Gasteiger partial charge in [0.15, 0.2) is 0 Å². The molecule has 0 saturated carbocycles. The zero-order chi connectivity index (χ0) is 36.7. The molecule has 0 heterocycles. The second-order valence-corrected chi connectivity index (χ2v) is 15.1. The molecule has 258 valence electrons. The zero-order valence-electron chi connectivity index (χ0n) is 30.6. The molecular weight excluding hydrogens is 673 g/mol. The molecule has 0 radical (unpaired) electrons. The fourth-order valence-electron chi connectivity index (χ4n) is 9.89. The van der Waals surface area contributed by atoms with E-state index in [4.69, 9.17) is 0 Å². The Hall–Kier alpha value is -7.28. The van der Waals surface area contributed by atoms with Crippen molar-refractivity contribution >= 4 is 75.4 Å². The van der Waals surface area contributed by atoms with E-state index in [1.54, 1.807) is 0 Å². The highest BCUT2D eigenvalue weighted by Crippen LogP contribution is 2.52. The number of benzene rings is 12. The van der Waals surface area contributed by atoms with Crippen LogP contribution in [0.3, 0.4) is 0 Å². The molecule has 0 saturated heterocycles. The summed E-state index contributed by atoms with van der Waals surface area (Å²) >= 11 is 0. The molecule has 12 aromatic rings. The first-order valence-corrected chi connectivity index (χ1v) is 19.5. The zero-order valence-corrected chi connectivity index (χ0v) is 30.6. The van der Waals surface area contributed by atoms with Gasteiger partial charge in [0.1, 0.15) is 0 Å². The third-order valence-corrected chi connectivity index (χ3v) is 12.2. The van der Waals surface area contributed by atoms with Crippen LogP contribution in [0.2, 0.25) is 0 Å². The van der Waals surface area contributed by atoms with Crippen LogP contribution in [0.15, 0.2) is 206 Å². The molecule has 12 aromatic carbocycles. The van der Waals surface area contributed by atoms with Gasteiger partial charge in [-0.1, -0.05) is 200 Å². The summed E-state index contributed by atoms with van der Waals surface area (Å²) in [5, 5.41) is 18.1. The van der Waals surface area contributed by atoms with Gasteiger partial charge in [0.25, 0.3) is 0 Å². The van der Waals surface area contributed by atoms with Crippen LogP contribution in [0.4, 0.5) is 0 Å². The van der Waals surface area contributed by atoms with Crippen molar-refractivity contribution in [3.05, 3.63) is 206 Å². The van der Waals surface area contributed by atoms with Gasteiger partial charge in [-0.3, -0.25) is 0 Å². The van der Waals surface area contributed by atoms with Gasteiger partial charge in [-0.15, -0.1) is 0 Å². The second-order valence-electron chi connectivity index (χ2n) is 15.1. The monoisotopic (exact) mass is 706 g/mol. The molecule has 0 aliphatic heterocycles. The van der Waals surface area contributed by atoms with Gasteiger partial charge in [0.2, 0.25) is 0 Å². The fourth-order valence-corrected chi connectivity index (χ4v) is 9.89. The Labute approximate surface area is 324 Å². The first-order chi connectivity index (χ1) is 27.8. The number of rotatable bonds is 4. The Morgan fingerprint density at radius 2 is 0.714 bits per heavy atom. The Bertz CT molecular complexity index is 3500. The van der Waals surface area contributed by atoms with Crippen LogP contribution in [0.5, 0.6) is 0 Å². The molecule has 12 rings (SSSR count). The lowest BCUT2D eigenvalue weighted by molar-refractivity contribution is 1.60. The van der Waals surface area contributed by atoms with Crippen molar-refractivity contribution in [2.45, 2.75) is 0 Å². The minimum Gasteiger partial charge on any atom is -0.0622 e. The average Bonchev–Trinajstić information content (AvgIpc) is 3.27. The molecule has 0 heteroatoms. The van der Waals surface area contributed by atoms with Crippen molar-refractivity contribution in [1.82, 2.24) is 0 Å². The van der Waals surface area contributed by atoms with E-state index in [1.165, 1.54) is 120 Å². The van der Waals surface area contributed by atoms with Gasteiger partial charge in [0, 0.05) is 0 Å². The van der Waals surface area contributed by atoms with Gasteiger partial charge in [-0.25, -0.2) is 0 Å². The molecule has 0 fully saturated rings. The quantitative estimate of drug-likeness (QED) is 0.126. The molecule has 0 amide bonds. The maximum Gasteiger partial charge on any atom is -0.00134 e. The summed E-state index contributed by atoms with van der Waals surface area (Å²) in [5.74, 6) is 0. The standard InChI is InChI=1S/C56H34/c1-3-16-35(17-4-1)39-22-11-12-25-42(39)43-32-33-49-54-45-27-14-13-26-44(45)52(48-31-30-36-18-7-9-23-40(36)51(48)37-19-5-2-6-20-37)46-28-15-29-47(55(46)54)53-41-24-10-8-21-38(41)34-50(43)56(49)53/h1-34H. The van der Waals surface area contributed by atoms with Gasteiger partial charge in [0.05, 0.1) is 0 Å². The van der Waals surface area contributed by atoms with E-state index in [2.05, 4.69) is 206 Å². The van der Waals surface area contributed by atoms with Crippen LogP contribution < -0.4 is 0 Å². The molecule has 0 aromatic heterocycles. The van der Waals surface area contributed by atoms with Crippen molar-refractivity contribution < 1.29 is 0 Å². The first kappa shape index (κ1) is 31.1. The molecular formula is C56H34. The third kappa shape index (κ3) is 4.42. The molecule has 0 atom stereocenters. The van der Waals surface area contributed by atoms with Crippen LogP contribution in [-0.2, 0) is 0 Å². The van der Waals surface area contributed by atoms with Gasteiger partial charge >= 0.3 is 0 Å². The van der Waals surface area contributed by atoms with Gasteiger partial charge < -0.3 is 0 Å². The SMILES string of the molecule is c1ccc(-c2ccccc2-c2ccc3c4c2cc2ccccc2c4c2cccc4c(-c5ccc6ccccc6c5-c5ccccc5)c5ccccc5c3c42)cc1. The minimum atomic E-state index is 1.23. The van der Waals surface area contributed by atoms with Crippen molar-refractivity contribution in [2.75, 3.05) is 0 Å². The van der Waals surface area contributed by atoms with E-state index in [1.807, 2.05) is 0 Å². The topological polar surface area (TPSA) is 0 Å². The number of hydrogen-bond donors (Lipinski definition) is 0. The number of fused-ring (bicyclic) bond motifs is 7. The fraction of sp³-hybridized carbons (Fsp3) is 0. The molecule has 0 nitrogen and oxygen atoms in total. The predicted octanol–water partition coefficient (Wildman–Crippen LogP) is 15.9. The van der Waals surface area contributed by atoms with Crippen molar-refractivity contribution in [3.63, 3.8) is 0 Å². The van der Waals surface area contributed by atoms with E-state index in [9.17, 15) is 0 Å². The normalized spacial score (nSPS) is 11.9. The van der Waals surface area contributed by atoms with Crippen molar-refractivity contribution in [2.24, 2.45) is 0 Å². The molecule has 56 heavy (non-hydrogen) atoms. The summed E-state index contributed by atoms with van der Waals surface area (Å²) in [4.78, 5) is 0. The molecule has 0 spiro atoms. The van der Waals surface area contributed by atoms with Crippen LogP contribution in [0.1, 0.15) is 0 Å². The summed E-state index contributed by atoms with van der Waals surface area (Å²) in [5.41, 5.74) is 10.0. The highest BCUT2D eigenvalue weighted by atomic mass is 14.3. The molecule has 0 unspecified atom stereocenters. The first-order valence-electron chi connectivity index (χ1n) is 19.5. The average molecular weight is 707 g/mol. The summed E-state index contributed by atoms with van der Waals surface area (Å²) in [6.45, 7) is 0. The van der Waals surface area contributed by atoms with Crippen molar-refractivity contribution in [3.8, 4) is 44.5 Å². The van der Waals surface area contributed by atoms with Crippen LogP contribution in [0.25, 0.3) is 120 Å². The van der Waals surface area contributed by atoms with Crippen LogP contribution in [0, 0.1) is 0 Å². The molecule has 0 bridgehead atoms. The van der Waals surface area contributed by atoms with E-state index in [0.717, 1.165) is 0 Å². The number of hydrogen-bond acceptors (Lipinski definition) is 0. The van der Waals surface area contributed by atoms with Crippen molar-refractivity contribution in [1.29, 1.82) is 0 Å². The van der Waals surface area contributed by atoms with Gasteiger partial charge in [-0.2, -0.15) is 0 Å². The lowest BCUT2D eigenvalue weighted by atomic mass is 9.79. The largest absolute Gasteiger partial charge is 0.0622 e. The third-order valence-electron chi connectivity index (χ3n) is 12.2. The summed E-state index contributed by atoms with van der Waals surface area (Å²) in [6.07, 6.45) is 0. The minimum absolute atomic E-state index is 1.23. The molecule has 0 N–H and O–H groups in total. The van der Waals surface area contributed by atoms with E-state index >= 15 is 0 Å². The highest BCUT2D eigenvalue weighted by molar-refractivity contribution is 6.44. The summed E-state index contributed by atoms with van der Waals surface area (Å²) in [7, 11) is 0. The Kier molecular flexibility index (Phi) is 6.73. The highest BCUT2D eigenvalue weighted by Gasteiger charge is 2.24. The van der Waals surface area contributed by atoms with E-state index < -0.39 is 0 Å². The smallest absolute Gasteiger partial charge is 0.00134 e. The lowest BCUT2D eigenvalue weighted by Crippen LogP contribution is -1.95. The second kappa shape index (κ2) is 12.1. The summed E-state index contributed by atoms with van der Waals surface area (Å²) in [6, 6.07) is 76.5. The Morgan fingerprint density at radius 1 is 0.196 bits per heavy atom. The summed E-state index contributed by atoms with van der Waals surface area (Å²) < 4.78 is 0. The Morgan fingerprint density at radius 3 is 1.52 bits per heavy atom. The van der Waals surface area contributed by atoms with Gasteiger partial charge in [-0.05, 0) is 126 Å². The van der Waals surface area contributed by atoms with E-state index in [0.29, 0.717) is 0 Å². The maximum atomic E-state index is 2.44.